The third-order valence-corrected chi connectivity index (χ3v) is 5.12. The number of rotatable bonds is 6. The smallest absolute Gasteiger partial charge is 0.242 e. The lowest BCUT2D eigenvalue weighted by Gasteiger charge is -2.36. The monoisotopic (exact) mass is 384 g/mol. The van der Waals surface area contributed by atoms with E-state index in [1.54, 1.807) is 24.9 Å². The highest BCUT2D eigenvalue weighted by atomic mass is 16.2. The van der Waals surface area contributed by atoms with Crippen molar-refractivity contribution in [2.24, 2.45) is 7.05 Å². The van der Waals surface area contributed by atoms with E-state index in [1.807, 2.05) is 36.3 Å². The van der Waals surface area contributed by atoms with E-state index < -0.39 is 6.04 Å². The Morgan fingerprint density at radius 1 is 1.18 bits per heavy atom. The van der Waals surface area contributed by atoms with Gasteiger partial charge in [0.15, 0.2) is 0 Å². The lowest BCUT2D eigenvalue weighted by Crippen LogP contribution is -2.48. The van der Waals surface area contributed by atoms with Gasteiger partial charge in [0.05, 0.1) is 6.20 Å². The first-order valence-electron chi connectivity index (χ1n) is 9.51. The standard InChI is InChI=1S/C20H28N6O2/c1-15(27)25-8-10-26(11-9-25)18-7-5-4-6-16(18)12-22-20(28)19(21-2)17-13-23-24(3)14-17/h4-7,13-14,19,21H,8-12H2,1-3H3,(H,22,28). The zero-order chi connectivity index (χ0) is 20.1. The predicted octanol–water partition coefficient (Wildman–Crippen LogP) is 0.665. The van der Waals surface area contributed by atoms with Gasteiger partial charge in [0.1, 0.15) is 6.04 Å². The van der Waals surface area contributed by atoms with Crippen LogP contribution in [0.3, 0.4) is 0 Å². The summed E-state index contributed by atoms with van der Waals surface area (Å²) in [6, 6.07) is 7.64. The van der Waals surface area contributed by atoms with Gasteiger partial charge in [-0.25, -0.2) is 0 Å². The van der Waals surface area contributed by atoms with Gasteiger partial charge in [-0.15, -0.1) is 0 Å². The zero-order valence-corrected chi connectivity index (χ0v) is 16.7. The largest absolute Gasteiger partial charge is 0.368 e. The summed E-state index contributed by atoms with van der Waals surface area (Å²) in [5.41, 5.74) is 3.00. The number of benzene rings is 1. The quantitative estimate of drug-likeness (QED) is 0.765. The fraction of sp³-hybridized carbons (Fsp3) is 0.450. The Bertz CT molecular complexity index is 826. The number of aryl methyl sites for hydroxylation is 1. The summed E-state index contributed by atoms with van der Waals surface area (Å²) in [6.07, 6.45) is 3.53. The highest BCUT2D eigenvalue weighted by Gasteiger charge is 2.22. The van der Waals surface area contributed by atoms with E-state index in [-0.39, 0.29) is 11.8 Å². The molecular weight excluding hydrogens is 356 g/mol. The van der Waals surface area contributed by atoms with Gasteiger partial charge >= 0.3 is 0 Å². The molecule has 1 aliphatic heterocycles. The summed E-state index contributed by atoms with van der Waals surface area (Å²) < 4.78 is 1.68. The zero-order valence-electron chi connectivity index (χ0n) is 16.7. The van der Waals surface area contributed by atoms with E-state index in [1.165, 1.54) is 0 Å². The van der Waals surface area contributed by atoms with Gasteiger partial charge in [0.2, 0.25) is 11.8 Å². The normalized spacial score (nSPS) is 15.4. The fourth-order valence-corrected chi connectivity index (χ4v) is 3.55. The summed E-state index contributed by atoms with van der Waals surface area (Å²) in [5.74, 6) is 0.0282. The molecule has 28 heavy (non-hydrogen) atoms. The molecule has 2 aromatic rings. The van der Waals surface area contributed by atoms with Crippen LogP contribution in [0, 0.1) is 0 Å². The van der Waals surface area contributed by atoms with Crippen molar-refractivity contribution in [1.82, 2.24) is 25.3 Å². The van der Waals surface area contributed by atoms with Gasteiger partial charge in [0, 0.05) is 64.1 Å². The van der Waals surface area contributed by atoms with Crippen molar-refractivity contribution in [3.8, 4) is 0 Å². The summed E-state index contributed by atoms with van der Waals surface area (Å²) in [5, 5.41) is 10.2. The molecule has 8 nitrogen and oxygen atoms in total. The van der Waals surface area contributed by atoms with Crippen LogP contribution in [0.1, 0.15) is 24.1 Å². The molecule has 150 valence electrons. The molecule has 1 unspecified atom stereocenters. The number of aromatic nitrogens is 2. The van der Waals surface area contributed by atoms with Gasteiger partial charge in [-0.1, -0.05) is 18.2 Å². The van der Waals surface area contributed by atoms with Crippen LogP contribution in [-0.4, -0.2) is 59.7 Å². The molecule has 1 fully saturated rings. The highest BCUT2D eigenvalue weighted by Crippen LogP contribution is 2.22. The van der Waals surface area contributed by atoms with E-state index in [2.05, 4.69) is 26.7 Å². The minimum Gasteiger partial charge on any atom is -0.368 e. The average Bonchev–Trinajstić information content (AvgIpc) is 3.13. The molecular formula is C20H28N6O2. The maximum atomic E-state index is 12.7. The number of likely N-dealkylation sites (N-methyl/N-ethyl adjacent to an activating group) is 1. The van der Waals surface area contributed by atoms with E-state index in [4.69, 9.17) is 0 Å². The molecule has 0 saturated carbocycles. The summed E-state index contributed by atoms with van der Waals surface area (Å²) in [7, 11) is 3.59. The van der Waals surface area contributed by atoms with Gasteiger partial charge in [-0.05, 0) is 18.7 Å². The number of hydrogen-bond donors (Lipinski definition) is 2. The first-order chi connectivity index (χ1) is 13.5. The van der Waals surface area contributed by atoms with Gasteiger partial charge in [-0.3, -0.25) is 14.3 Å². The molecule has 3 rings (SSSR count). The van der Waals surface area contributed by atoms with Crippen LogP contribution in [-0.2, 0) is 23.2 Å². The second kappa shape index (κ2) is 8.88. The second-order valence-electron chi connectivity index (χ2n) is 7.01. The van der Waals surface area contributed by atoms with Gasteiger partial charge in [-0.2, -0.15) is 5.10 Å². The predicted molar refractivity (Wildman–Crippen MR) is 108 cm³/mol. The van der Waals surface area contributed by atoms with Crippen molar-refractivity contribution >= 4 is 17.5 Å². The molecule has 1 atom stereocenters. The Kier molecular flexibility index (Phi) is 6.30. The molecule has 2 N–H and O–H groups in total. The van der Waals surface area contributed by atoms with Gasteiger partial charge in [0.25, 0.3) is 0 Å². The van der Waals surface area contributed by atoms with Crippen LogP contribution in [0.2, 0.25) is 0 Å². The number of anilines is 1. The Balaban J connectivity index is 1.65. The van der Waals surface area contributed by atoms with E-state index >= 15 is 0 Å². The molecule has 0 spiro atoms. The molecule has 1 aliphatic rings. The van der Waals surface area contributed by atoms with E-state index in [9.17, 15) is 9.59 Å². The van der Waals surface area contributed by atoms with E-state index in [0.717, 1.165) is 43.0 Å². The van der Waals surface area contributed by atoms with Gasteiger partial charge < -0.3 is 20.4 Å². The number of nitrogens with zero attached hydrogens (tertiary/aromatic N) is 4. The lowest BCUT2D eigenvalue weighted by atomic mass is 10.1. The number of nitrogens with one attached hydrogen (secondary N) is 2. The molecule has 2 heterocycles. The molecule has 0 aliphatic carbocycles. The van der Waals surface area contributed by atoms with Crippen LogP contribution in [0.15, 0.2) is 36.7 Å². The summed E-state index contributed by atoms with van der Waals surface area (Å²) in [4.78, 5) is 28.4. The fourth-order valence-electron chi connectivity index (χ4n) is 3.55. The van der Waals surface area contributed by atoms with Crippen molar-refractivity contribution in [3.63, 3.8) is 0 Å². The number of hydrogen-bond acceptors (Lipinski definition) is 5. The van der Waals surface area contributed by atoms with Crippen LogP contribution >= 0.6 is 0 Å². The summed E-state index contributed by atoms with van der Waals surface area (Å²) in [6.45, 7) is 5.08. The number of carbonyl (C=O) groups excluding carboxylic acids is 2. The first kappa shape index (κ1) is 19.9. The number of amides is 2. The molecule has 1 saturated heterocycles. The van der Waals surface area contributed by atoms with Crippen molar-refractivity contribution in [1.29, 1.82) is 0 Å². The van der Waals surface area contributed by atoms with E-state index in [0.29, 0.717) is 6.54 Å². The third kappa shape index (κ3) is 4.51. The third-order valence-electron chi connectivity index (χ3n) is 5.12. The molecule has 2 amide bonds. The molecule has 8 heteroatoms. The molecule has 0 radical (unpaired) electrons. The van der Waals surface area contributed by atoms with Crippen LogP contribution < -0.4 is 15.5 Å². The Morgan fingerprint density at radius 2 is 1.89 bits per heavy atom. The Labute approximate surface area is 165 Å². The maximum Gasteiger partial charge on any atom is 0.242 e. The van der Waals surface area contributed by atoms with Crippen molar-refractivity contribution in [2.75, 3.05) is 38.1 Å². The summed E-state index contributed by atoms with van der Waals surface area (Å²) >= 11 is 0. The lowest BCUT2D eigenvalue weighted by molar-refractivity contribution is -0.129. The van der Waals surface area contributed by atoms with Crippen LogP contribution in [0.5, 0.6) is 0 Å². The van der Waals surface area contributed by atoms with Crippen molar-refractivity contribution in [2.45, 2.75) is 19.5 Å². The highest BCUT2D eigenvalue weighted by molar-refractivity contribution is 5.83. The van der Waals surface area contributed by atoms with Crippen LogP contribution in [0.25, 0.3) is 0 Å². The molecule has 1 aromatic heterocycles. The Morgan fingerprint density at radius 3 is 2.50 bits per heavy atom. The average molecular weight is 384 g/mol. The molecule has 0 bridgehead atoms. The van der Waals surface area contributed by atoms with Crippen LogP contribution in [0.4, 0.5) is 5.69 Å². The molecule has 1 aromatic carbocycles. The maximum absolute atomic E-state index is 12.7. The minimum absolute atomic E-state index is 0.0910. The number of carbonyl (C=O) groups is 2. The Hall–Kier alpha value is -2.87. The van der Waals surface area contributed by atoms with Crippen molar-refractivity contribution in [3.05, 3.63) is 47.8 Å². The number of piperazine rings is 1. The second-order valence-corrected chi connectivity index (χ2v) is 7.01. The first-order valence-corrected chi connectivity index (χ1v) is 9.51. The topological polar surface area (TPSA) is 82.5 Å². The number of para-hydroxylation sites is 1. The SMILES string of the molecule is CNC(C(=O)NCc1ccccc1N1CCN(C(C)=O)CC1)c1cnn(C)c1. The van der Waals surface area contributed by atoms with Crippen molar-refractivity contribution < 1.29 is 9.59 Å². The minimum atomic E-state index is -0.444.